The van der Waals surface area contributed by atoms with Crippen molar-refractivity contribution in [2.75, 3.05) is 0 Å². The monoisotopic (exact) mass is 248 g/mol. The van der Waals surface area contributed by atoms with Crippen LogP contribution < -0.4 is 0 Å². The van der Waals surface area contributed by atoms with Crippen molar-refractivity contribution in [1.29, 1.82) is 0 Å². The Morgan fingerprint density at radius 3 is 2.22 bits per heavy atom. The fourth-order valence-corrected chi connectivity index (χ4v) is 2.44. The molecule has 2 unspecified atom stereocenters. The summed E-state index contributed by atoms with van der Waals surface area (Å²) in [6.07, 6.45) is 7.59. The van der Waals surface area contributed by atoms with Crippen LogP contribution in [0.4, 0.5) is 0 Å². The molecule has 1 aliphatic rings. The number of rotatable bonds is 0. The lowest BCUT2D eigenvalue weighted by Gasteiger charge is -2.32. The van der Waals surface area contributed by atoms with Gasteiger partial charge in [0.2, 0.25) is 0 Å². The third kappa shape index (κ3) is 3.73. The van der Waals surface area contributed by atoms with Crippen molar-refractivity contribution in [3.8, 4) is 0 Å². The Kier molecular flexibility index (Phi) is 4.51. The lowest BCUT2D eigenvalue weighted by Crippen LogP contribution is -2.21. The van der Waals surface area contributed by atoms with Crippen LogP contribution in [0.3, 0.4) is 0 Å². The van der Waals surface area contributed by atoms with E-state index in [0.717, 1.165) is 0 Å². The lowest BCUT2D eigenvalue weighted by atomic mass is 9.73. The molecule has 0 heterocycles. The summed E-state index contributed by atoms with van der Waals surface area (Å²) in [5.74, 6) is 1.35. The van der Waals surface area contributed by atoms with Gasteiger partial charge in [-0.2, -0.15) is 0 Å². The van der Waals surface area contributed by atoms with Gasteiger partial charge in [-0.25, -0.2) is 0 Å². The summed E-state index contributed by atoms with van der Waals surface area (Å²) < 4.78 is 0. The van der Waals surface area contributed by atoms with E-state index in [2.05, 4.69) is 67.5 Å². The number of hydrogen-bond donors (Lipinski definition) is 0. The molecular weight excluding hydrogens is 216 g/mol. The van der Waals surface area contributed by atoms with E-state index in [1.807, 2.05) is 0 Å². The van der Waals surface area contributed by atoms with E-state index in [1.54, 1.807) is 5.57 Å². The van der Waals surface area contributed by atoms with E-state index < -0.39 is 0 Å². The van der Waals surface area contributed by atoms with Crippen LogP contribution in [0.15, 0.2) is 23.3 Å². The van der Waals surface area contributed by atoms with Crippen LogP contribution in [-0.2, 0) is 0 Å². The first kappa shape index (κ1) is 15.5. The second kappa shape index (κ2) is 5.23. The fourth-order valence-electron chi connectivity index (χ4n) is 2.44. The molecule has 0 aliphatic heterocycles. The van der Waals surface area contributed by atoms with Gasteiger partial charge < -0.3 is 0 Å². The summed E-state index contributed by atoms with van der Waals surface area (Å²) in [5.41, 5.74) is 3.70. The molecule has 0 amide bonds. The smallest absolute Gasteiger partial charge is 0.0135 e. The number of hydrogen-bond acceptors (Lipinski definition) is 0. The predicted octanol–water partition coefficient (Wildman–Crippen LogP) is 6.00. The summed E-state index contributed by atoms with van der Waals surface area (Å²) in [6, 6.07) is 0. The van der Waals surface area contributed by atoms with Gasteiger partial charge in [0.1, 0.15) is 0 Å². The van der Waals surface area contributed by atoms with E-state index >= 15 is 0 Å². The van der Waals surface area contributed by atoms with Crippen LogP contribution >= 0.6 is 0 Å². The van der Waals surface area contributed by atoms with Gasteiger partial charge >= 0.3 is 0 Å². The van der Waals surface area contributed by atoms with Crippen LogP contribution in [0, 0.1) is 22.7 Å². The van der Waals surface area contributed by atoms with Crippen molar-refractivity contribution in [2.24, 2.45) is 22.7 Å². The highest BCUT2D eigenvalue weighted by Gasteiger charge is 2.28. The van der Waals surface area contributed by atoms with Gasteiger partial charge in [-0.3, -0.25) is 0 Å². The summed E-state index contributed by atoms with van der Waals surface area (Å²) >= 11 is 0. The topological polar surface area (TPSA) is 0 Å². The van der Waals surface area contributed by atoms with Gasteiger partial charge in [0.15, 0.2) is 0 Å². The molecule has 0 nitrogen and oxygen atoms in total. The van der Waals surface area contributed by atoms with E-state index in [1.165, 1.54) is 18.4 Å². The first-order chi connectivity index (χ1) is 8.04. The van der Waals surface area contributed by atoms with Gasteiger partial charge in [-0.1, -0.05) is 66.2 Å². The highest BCUT2D eigenvalue weighted by atomic mass is 14.3. The van der Waals surface area contributed by atoms with Crippen LogP contribution in [0.25, 0.3) is 0 Å². The summed E-state index contributed by atoms with van der Waals surface area (Å²) in [4.78, 5) is 0. The predicted molar refractivity (Wildman–Crippen MR) is 82.6 cm³/mol. The SMILES string of the molecule is C/C1=C/C(C(C)(C)C)=C\C(C)C(C)(C)CCC1C. The van der Waals surface area contributed by atoms with Crippen molar-refractivity contribution in [1.82, 2.24) is 0 Å². The van der Waals surface area contributed by atoms with Gasteiger partial charge in [0.25, 0.3) is 0 Å². The first-order valence-electron chi connectivity index (χ1n) is 7.44. The van der Waals surface area contributed by atoms with Crippen molar-refractivity contribution < 1.29 is 0 Å². The molecule has 0 radical (unpaired) electrons. The molecule has 1 aliphatic carbocycles. The third-order valence-corrected chi connectivity index (χ3v) is 4.91. The lowest BCUT2D eigenvalue weighted by molar-refractivity contribution is 0.237. The van der Waals surface area contributed by atoms with Crippen molar-refractivity contribution in [3.63, 3.8) is 0 Å². The average Bonchev–Trinajstić information content (AvgIpc) is 2.25. The number of allylic oxidation sites excluding steroid dienone is 4. The summed E-state index contributed by atoms with van der Waals surface area (Å²) in [6.45, 7) is 18.9. The zero-order valence-corrected chi connectivity index (χ0v) is 13.7. The van der Waals surface area contributed by atoms with Crippen LogP contribution in [0.1, 0.15) is 68.2 Å². The molecule has 0 saturated carbocycles. The van der Waals surface area contributed by atoms with Gasteiger partial charge in [0, 0.05) is 0 Å². The van der Waals surface area contributed by atoms with E-state index in [0.29, 0.717) is 17.3 Å². The molecule has 18 heavy (non-hydrogen) atoms. The molecule has 1 rings (SSSR count). The normalized spacial score (nSPS) is 35.6. The summed E-state index contributed by atoms with van der Waals surface area (Å²) in [5, 5.41) is 0. The fraction of sp³-hybridized carbons (Fsp3) is 0.778. The Bertz CT molecular complexity index is 347. The van der Waals surface area contributed by atoms with Crippen LogP contribution in [-0.4, -0.2) is 0 Å². The zero-order chi connectivity index (χ0) is 14.1. The molecule has 0 aromatic heterocycles. The van der Waals surface area contributed by atoms with E-state index in [4.69, 9.17) is 0 Å². The minimum Gasteiger partial charge on any atom is -0.0774 e. The van der Waals surface area contributed by atoms with Crippen molar-refractivity contribution >= 4 is 0 Å². The highest BCUT2D eigenvalue weighted by molar-refractivity contribution is 5.30. The Labute approximate surface area is 115 Å². The quantitative estimate of drug-likeness (QED) is 0.493. The van der Waals surface area contributed by atoms with Crippen LogP contribution in [0.5, 0.6) is 0 Å². The maximum atomic E-state index is 2.52. The molecule has 0 aromatic rings. The minimum atomic E-state index is 0.246. The van der Waals surface area contributed by atoms with Gasteiger partial charge in [0.05, 0.1) is 0 Å². The Morgan fingerprint density at radius 1 is 1.17 bits per heavy atom. The van der Waals surface area contributed by atoms with E-state index in [-0.39, 0.29) is 5.41 Å². The van der Waals surface area contributed by atoms with E-state index in [9.17, 15) is 0 Å². The standard InChI is InChI=1S/C18H32/c1-13-9-10-18(7,8)15(3)12-16(11-14(13)2)17(4,5)6/h11-13,15H,9-10H2,1-8H3/b14-11-,16-12+. The highest BCUT2D eigenvalue weighted by Crippen LogP contribution is 2.40. The molecule has 0 fully saturated rings. The average molecular weight is 248 g/mol. The second-order valence-electron chi connectivity index (χ2n) is 7.98. The molecule has 0 saturated heterocycles. The van der Waals surface area contributed by atoms with Crippen LogP contribution in [0.2, 0.25) is 0 Å². The molecule has 104 valence electrons. The molecule has 2 atom stereocenters. The van der Waals surface area contributed by atoms with Crippen molar-refractivity contribution in [3.05, 3.63) is 23.3 Å². The maximum absolute atomic E-state index is 2.52. The second-order valence-corrected chi connectivity index (χ2v) is 7.98. The summed E-state index contributed by atoms with van der Waals surface area (Å²) in [7, 11) is 0. The molecule has 0 aromatic carbocycles. The molecule has 0 N–H and O–H groups in total. The Morgan fingerprint density at radius 2 is 1.72 bits per heavy atom. The van der Waals surface area contributed by atoms with Gasteiger partial charge in [-0.05, 0) is 48.0 Å². The maximum Gasteiger partial charge on any atom is -0.0135 e. The Balaban J connectivity index is 3.23. The largest absolute Gasteiger partial charge is 0.0774 e. The third-order valence-electron chi connectivity index (χ3n) is 4.91. The van der Waals surface area contributed by atoms with Gasteiger partial charge in [-0.15, -0.1) is 0 Å². The molecule has 0 spiro atoms. The minimum absolute atomic E-state index is 0.246. The molecular formula is C18H32. The zero-order valence-electron chi connectivity index (χ0n) is 13.7. The molecule has 0 bridgehead atoms. The van der Waals surface area contributed by atoms with Crippen molar-refractivity contribution in [2.45, 2.75) is 68.2 Å². The molecule has 0 heteroatoms. The Hall–Kier alpha value is -0.520. The first-order valence-corrected chi connectivity index (χ1v) is 7.44.